The van der Waals surface area contributed by atoms with Crippen LogP contribution in [-0.2, 0) is 10.2 Å². The van der Waals surface area contributed by atoms with Gasteiger partial charge in [-0.1, -0.05) is 51.1 Å². The SMILES string of the molecule is Cc1ccccc1OC[C@@H](C)NC(=O)[C@@H](C)Oc1ccc(C(C)(C)C)cc1. The van der Waals surface area contributed by atoms with E-state index in [1.165, 1.54) is 5.56 Å². The van der Waals surface area contributed by atoms with E-state index in [0.29, 0.717) is 12.4 Å². The molecule has 2 aromatic rings. The van der Waals surface area contributed by atoms with E-state index < -0.39 is 6.10 Å². The third-order valence-corrected chi connectivity index (χ3v) is 4.37. The van der Waals surface area contributed by atoms with Crippen molar-refractivity contribution in [3.8, 4) is 11.5 Å². The summed E-state index contributed by atoms with van der Waals surface area (Å²) < 4.78 is 11.6. The molecular weight excluding hydrogens is 338 g/mol. The van der Waals surface area contributed by atoms with Gasteiger partial charge >= 0.3 is 0 Å². The van der Waals surface area contributed by atoms with Crippen molar-refractivity contribution in [3.05, 3.63) is 59.7 Å². The molecule has 0 heterocycles. The van der Waals surface area contributed by atoms with Crippen molar-refractivity contribution in [2.75, 3.05) is 6.61 Å². The highest BCUT2D eigenvalue weighted by atomic mass is 16.5. The predicted octanol–water partition coefficient (Wildman–Crippen LogP) is 4.64. The Labute approximate surface area is 162 Å². The van der Waals surface area contributed by atoms with Crippen LogP contribution in [0.1, 0.15) is 45.7 Å². The lowest BCUT2D eigenvalue weighted by molar-refractivity contribution is -0.128. The first-order valence-electron chi connectivity index (χ1n) is 9.43. The van der Waals surface area contributed by atoms with Crippen LogP contribution in [0.5, 0.6) is 11.5 Å². The molecule has 0 fully saturated rings. The number of hydrogen-bond donors (Lipinski definition) is 1. The Morgan fingerprint density at radius 3 is 2.26 bits per heavy atom. The highest BCUT2D eigenvalue weighted by Crippen LogP contribution is 2.24. The number of nitrogens with one attached hydrogen (secondary N) is 1. The summed E-state index contributed by atoms with van der Waals surface area (Å²) in [6.45, 7) is 12.6. The Kier molecular flexibility index (Phi) is 6.89. The molecule has 4 heteroatoms. The molecule has 0 aromatic heterocycles. The number of amides is 1. The fraction of sp³-hybridized carbons (Fsp3) is 0.435. The second kappa shape index (κ2) is 8.94. The molecule has 0 aliphatic rings. The van der Waals surface area contributed by atoms with Crippen LogP contribution in [0.3, 0.4) is 0 Å². The molecule has 0 unspecified atom stereocenters. The Balaban J connectivity index is 1.83. The summed E-state index contributed by atoms with van der Waals surface area (Å²) >= 11 is 0. The highest BCUT2D eigenvalue weighted by molar-refractivity contribution is 5.81. The minimum Gasteiger partial charge on any atom is -0.491 e. The van der Waals surface area contributed by atoms with E-state index in [1.54, 1.807) is 6.92 Å². The molecule has 0 saturated heterocycles. The standard InChI is InChI=1S/C23H31NO3/c1-16-9-7-8-10-21(16)26-15-17(2)24-22(25)18(3)27-20-13-11-19(12-14-20)23(4,5)6/h7-14,17-18H,15H2,1-6H3,(H,24,25)/t17-,18-/m1/s1. The van der Waals surface area contributed by atoms with Gasteiger partial charge in [0.1, 0.15) is 18.1 Å². The number of benzene rings is 2. The molecule has 2 aromatic carbocycles. The first-order valence-corrected chi connectivity index (χ1v) is 9.43. The number of rotatable bonds is 7. The zero-order valence-corrected chi connectivity index (χ0v) is 17.2. The van der Waals surface area contributed by atoms with Gasteiger partial charge in [-0.3, -0.25) is 4.79 Å². The minimum absolute atomic E-state index is 0.0913. The summed E-state index contributed by atoms with van der Waals surface area (Å²) in [5, 5.41) is 2.94. The van der Waals surface area contributed by atoms with Gasteiger partial charge in [-0.25, -0.2) is 0 Å². The van der Waals surface area contributed by atoms with Crippen LogP contribution in [0, 0.1) is 6.92 Å². The molecule has 0 aliphatic carbocycles. The number of aryl methyl sites for hydroxylation is 1. The molecular formula is C23H31NO3. The van der Waals surface area contributed by atoms with Crippen LogP contribution in [-0.4, -0.2) is 24.7 Å². The van der Waals surface area contributed by atoms with Crippen molar-refractivity contribution >= 4 is 5.91 Å². The molecule has 0 radical (unpaired) electrons. The number of ether oxygens (including phenoxy) is 2. The third kappa shape index (κ3) is 6.31. The topological polar surface area (TPSA) is 47.6 Å². The van der Waals surface area contributed by atoms with Crippen LogP contribution in [0.15, 0.2) is 48.5 Å². The lowest BCUT2D eigenvalue weighted by Gasteiger charge is -2.21. The van der Waals surface area contributed by atoms with Crippen molar-refractivity contribution < 1.29 is 14.3 Å². The zero-order valence-electron chi connectivity index (χ0n) is 17.2. The Morgan fingerprint density at radius 2 is 1.67 bits per heavy atom. The molecule has 2 atom stereocenters. The van der Waals surface area contributed by atoms with Gasteiger partial charge in [-0.05, 0) is 55.5 Å². The molecule has 0 bridgehead atoms. The maximum atomic E-state index is 12.4. The van der Waals surface area contributed by atoms with E-state index >= 15 is 0 Å². The maximum absolute atomic E-state index is 12.4. The number of hydrogen-bond acceptors (Lipinski definition) is 3. The summed E-state index contributed by atoms with van der Waals surface area (Å²) in [6.07, 6.45) is -0.577. The largest absolute Gasteiger partial charge is 0.491 e. The van der Waals surface area contributed by atoms with Crippen LogP contribution < -0.4 is 14.8 Å². The molecule has 0 saturated carbocycles. The molecule has 146 valence electrons. The lowest BCUT2D eigenvalue weighted by Crippen LogP contribution is -2.43. The van der Waals surface area contributed by atoms with Gasteiger partial charge in [0.05, 0.1) is 6.04 Å². The molecule has 2 rings (SSSR count). The van der Waals surface area contributed by atoms with E-state index in [1.807, 2.05) is 62.4 Å². The fourth-order valence-corrected chi connectivity index (χ4v) is 2.63. The van der Waals surface area contributed by atoms with Crippen molar-refractivity contribution in [2.24, 2.45) is 0 Å². The summed E-state index contributed by atoms with van der Waals surface area (Å²) in [5.74, 6) is 1.37. The van der Waals surface area contributed by atoms with Crippen LogP contribution in [0.4, 0.5) is 0 Å². The molecule has 0 aliphatic heterocycles. The molecule has 1 N–H and O–H groups in total. The Hall–Kier alpha value is -2.49. The normalized spacial score (nSPS) is 13.6. The predicted molar refractivity (Wildman–Crippen MR) is 110 cm³/mol. The quantitative estimate of drug-likeness (QED) is 0.773. The minimum atomic E-state index is -0.577. The molecule has 1 amide bonds. The average Bonchev–Trinajstić information content (AvgIpc) is 2.60. The van der Waals surface area contributed by atoms with Crippen molar-refractivity contribution in [1.29, 1.82) is 0 Å². The number of carbonyl (C=O) groups is 1. The molecule has 27 heavy (non-hydrogen) atoms. The summed E-state index contributed by atoms with van der Waals surface area (Å²) in [5.41, 5.74) is 2.40. The first kappa shape index (κ1) is 20.8. The van der Waals surface area contributed by atoms with Gasteiger partial charge in [0.25, 0.3) is 5.91 Å². The van der Waals surface area contributed by atoms with Crippen molar-refractivity contribution in [1.82, 2.24) is 5.32 Å². The Bertz CT molecular complexity index is 747. The lowest BCUT2D eigenvalue weighted by atomic mass is 9.87. The second-order valence-electron chi connectivity index (χ2n) is 8.02. The highest BCUT2D eigenvalue weighted by Gasteiger charge is 2.18. The van der Waals surface area contributed by atoms with E-state index in [2.05, 4.69) is 26.1 Å². The summed E-state index contributed by atoms with van der Waals surface area (Å²) in [6, 6.07) is 15.6. The maximum Gasteiger partial charge on any atom is 0.261 e. The average molecular weight is 370 g/mol. The number of carbonyl (C=O) groups excluding carboxylic acids is 1. The van der Waals surface area contributed by atoms with E-state index in [-0.39, 0.29) is 17.4 Å². The van der Waals surface area contributed by atoms with Crippen LogP contribution >= 0.6 is 0 Å². The summed E-state index contributed by atoms with van der Waals surface area (Å²) in [7, 11) is 0. The van der Waals surface area contributed by atoms with Crippen LogP contribution in [0.25, 0.3) is 0 Å². The Morgan fingerprint density at radius 1 is 1.04 bits per heavy atom. The fourth-order valence-electron chi connectivity index (χ4n) is 2.63. The number of para-hydroxylation sites is 1. The summed E-state index contributed by atoms with van der Waals surface area (Å²) in [4.78, 5) is 12.4. The van der Waals surface area contributed by atoms with Gasteiger partial charge in [-0.15, -0.1) is 0 Å². The van der Waals surface area contributed by atoms with Gasteiger partial charge in [-0.2, -0.15) is 0 Å². The first-order chi connectivity index (χ1) is 12.7. The van der Waals surface area contributed by atoms with Gasteiger partial charge < -0.3 is 14.8 Å². The molecule has 4 nitrogen and oxygen atoms in total. The van der Waals surface area contributed by atoms with E-state index in [9.17, 15) is 4.79 Å². The van der Waals surface area contributed by atoms with E-state index in [0.717, 1.165) is 11.3 Å². The van der Waals surface area contributed by atoms with Gasteiger partial charge in [0.2, 0.25) is 0 Å². The van der Waals surface area contributed by atoms with Crippen molar-refractivity contribution in [2.45, 2.75) is 59.1 Å². The van der Waals surface area contributed by atoms with Gasteiger partial charge in [0, 0.05) is 0 Å². The van der Waals surface area contributed by atoms with Gasteiger partial charge in [0.15, 0.2) is 6.10 Å². The van der Waals surface area contributed by atoms with Crippen LogP contribution in [0.2, 0.25) is 0 Å². The monoisotopic (exact) mass is 369 g/mol. The zero-order chi connectivity index (χ0) is 20.0. The smallest absolute Gasteiger partial charge is 0.261 e. The molecule has 0 spiro atoms. The van der Waals surface area contributed by atoms with Crippen molar-refractivity contribution in [3.63, 3.8) is 0 Å². The third-order valence-electron chi connectivity index (χ3n) is 4.37. The second-order valence-corrected chi connectivity index (χ2v) is 8.02. The van der Waals surface area contributed by atoms with E-state index in [4.69, 9.17) is 9.47 Å².